The zero-order valence-corrected chi connectivity index (χ0v) is 9.24. The molecule has 0 aromatic heterocycles. The number of phenolic OH excluding ortho intramolecular Hbond substituents is 1. The van der Waals surface area contributed by atoms with Gasteiger partial charge in [-0.3, -0.25) is 4.79 Å². The summed E-state index contributed by atoms with van der Waals surface area (Å²) in [6, 6.07) is 3.33. The Morgan fingerprint density at radius 1 is 1.33 bits per heavy atom. The minimum absolute atomic E-state index is 0.0249. The fourth-order valence-corrected chi connectivity index (χ4v) is 2.09. The van der Waals surface area contributed by atoms with Crippen LogP contribution in [0.1, 0.15) is 36.0 Å². The number of carboxylic acid groups (broad SMARTS) is 1. The highest BCUT2D eigenvalue weighted by atomic mass is 16.4. The van der Waals surface area contributed by atoms with Crippen LogP contribution < -0.4 is 0 Å². The maximum atomic E-state index is 10.6. The molecule has 2 N–H and O–H groups in total. The predicted octanol–water partition coefficient (Wildman–Crippen LogP) is 2.59. The Bertz CT molecular complexity index is 359. The molecule has 3 nitrogen and oxygen atoms in total. The van der Waals surface area contributed by atoms with Crippen molar-refractivity contribution in [2.45, 2.75) is 33.1 Å². The van der Waals surface area contributed by atoms with E-state index in [1.165, 1.54) is 0 Å². The molecule has 0 aliphatic carbocycles. The molecule has 0 heterocycles. The fraction of sp³-hybridized carbons (Fsp3) is 0.417. The zero-order valence-electron chi connectivity index (χ0n) is 9.24. The maximum Gasteiger partial charge on any atom is 0.303 e. The van der Waals surface area contributed by atoms with Crippen LogP contribution in [0.25, 0.3) is 0 Å². The number of phenols is 1. The number of hydrogen-bond acceptors (Lipinski definition) is 2. The van der Waals surface area contributed by atoms with Gasteiger partial charge in [0.25, 0.3) is 0 Å². The number of rotatable bonds is 3. The minimum Gasteiger partial charge on any atom is -0.508 e. The first kappa shape index (κ1) is 11.6. The van der Waals surface area contributed by atoms with Gasteiger partial charge in [-0.05, 0) is 48.6 Å². The van der Waals surface area contributed by atoms with Gasteiger partial charge in [0.1, 0.15) is 5.75 Å². The lowest BCUT2D eigenvalue weighted by Gasteiger charge is -2.16. The average molecular weight is 208 g/mol. The molecule has 82 valence electrons. The van der Waals surface area contributed by atoms with Crippen LogP contribution in [0.15, 0.2) is 12.1 Å². The highest BCUT2D eigenvalue weighted by molar-refractivity contribution is 5.68. The first-order chi connectivity index (χ1) is 6.91. The van der Waals surface area contributed by atoms with Crippen LogP contribution >= 0.6 is 0 Å². The van der Waals surface area contributed by atoms with Crippen molar-refractivity contribution in [2.75, 3.05) is 0 Å². The number of hydrogen-bond donors (Lipinski definition) is 2. The molecule has 0 unspecified atom stereocenters. The molecular weight excluding hydrogens is 192 g/mol. The van der Waals surface area contributed by atoms with Crippen molar-refractivity contribution in [1.29, 1.82) is 0 Å². The van der Waals surface area contributed by atoms with E-state index < -0.39 is 5.97 Å². The highest BCUT2D eigenvalue weighted by Crippen LogP contribution is 2.29. The third-order valence-corrected chi connectivity index (χ3v) is 2.55. The first-order valence-corrected chi connectivity index (χ1v) is 4.93. The summed E-state index contributed by atoms with van der Waals surface area (Å²) in [5.41, 5.74) is 2.91. The van der Waals surface area contributed by atoms with Crippen molar-refractivity contribution in [3.8, 4) is 5.75 Å². The normalized spacial score (nSPS) is 12.5. The van der Waals surface area contributed by atoms with Gasteiger partial charge in [-0.1, -0.05) is 6.92 Å². The van der Waals surface area contributed by atoms with E-state index in [1.54, 1.807) is 12.1 Å². The number of benzene rings is 1. The van der Waals surface area contributed by atoms with Gasteiger partial charge in [-0.2, -0.15) is 0 Å². The fourth-order valence-electron chi connectivity index (χ4n) is 2.09. The molecule has 3 heteroatoms. The quantitative estimate of drug-likeness (QED) is 0.802. The van der Waals surface area contributed by atoms with Crippen LogP contribution in [-0.4, -0.2) is 16.2 Å². The summed E-state index contributed by atoms with van der Waals surface area (Å²) in [6.45, 7) is 5.67. The molecule has 0 bridgehead atoms. The van der Waals surface area contributed by atoms with Crippen molar-refractivity contribution in [2.24, 2.45) is 0 Å². The van der Waals surface area contributed by atoms with Crippen LogP contribution in [0, 0.1) is 13.8 Å². The Hall–Kier alpha value is -1.51. The van der Waals surface area contributed by atoms with Crippen LogP contribution in [0.4, 0.5) is 0 Å². The number of carboxylic acids is 1. The summed E-state index contributed by atoms with van der Waals surface area (Å²) in [6.07, 6.45) is 0.118. The third kappa shape index (κ3) is 2.72. The molecule has 0 saturated heterocycles. The van der Waals surface area contributed by atoms with Crippen LogP contribution in [0.3, 0.4) is 0 Å². The summed E-state index contributed by atoms with van der Waals surface area (Å²) in [5, 5.41) is 18.1. The SMILES string of the molecule is Cc1cc(O)cc(C)c1[C@@H](C)CC(=O)O. The summed E-state index contributed by atoms with van der Waals surface area (Å²) in [5.74, 6) is -0.589. The highest BCUT2D eigenvalue weighted by Gasteiger charge is 2.15. The third-order valence-electron chi connectivity index (χ3n) is 2.55. The second-order valence-corrected chi connectivity index (χ2v) is 3.99. The zero-order chi connectivity index (χ0) is 11.6. The summed E-state index contributed by atoms with van der Waals surface area (Å²) in [7, 11) is 0. The number of aryl methyl sites for hydroxylation is 2. The molecule has 0 saturated carbocycles. The van der Waals surface area contributed by atoms with E-state index in [4.69, 9.17) is 5.11 Å². The van der Waals surface area contributed by atoms with E-state index in [1.807, 2.05) is 20.8 Å². The van der Waals surface area contributed by atoms with Gasteiger partial charge in [-0.25, -0.2) is 0 Å². The van der Waals surface area contributed by atoms with Crippen LogP contribution in [0.5, 0.6) is 5.75 Å². The number of aliphatic carboxylic acids is 1. The first-order valence-electron chi connectivity index (χ1n) is 4.93. The van der Waals surface area contributed by atoms with Gasteiger partial charge < -0.3 is 10.2 Å². The molecule has 0 radical (unpaired) electrons. The van der Waals surface area contributed by atoms with E-state index in [9.17, 15) is 9.90 Å². The summed E-state index contributed by atoms with van der Waals surface area (Å²) >= 11 is 0. The lowest BCUT2D eigenvalue weighted by Crippen LogP contribution is -2.06. The Labute approximate surface area is 89.4 Å². The molecule has 0 aliphatic rings. The molecule has 0 amide bonds. The van der Waals surface area contributed by atoms with Crippen LogP contribution in [0.2, 0.25) is 0 Å². The molecule has 0 fully saturated rings. The lowest BCUT2D eigenvalue weighted by atomic mass is 9.90. The molecule has 1 aromatic carbocycles. The molecule has 0 spiro atoms. The van der Waals surface area contributed by atoms with Crippen molar-refractivity contribution in [3.05, 3.63) is 28.8 Å². The maximum absolute atomic E-state index is 10.6. The molecule has 15 heavy (non-hydrogen) atoms. The number of carbonyl (C=O) groups is 1. The van der Waals surface area contributed by atoms with E-state index in [-0.39, 0.29) is 18.1 Å². The number of aromatic hydroxyl groups is 1. The van der Waals surface area contributed by atoms with Gasteiger partial charge in [0.15, 0.2) is 0 Å². The Morgan fingerprint density at radius 2 is 1.80 bits per heavy atom. The van der Waals surface area contributed by atoms with Gasteiger partial charge in [0, 0.05) is 0 Å². The summed E-state index contributed by atoms with van der Waals surface area (Å²) in [4.78, 5) is 10.6. The average Bonchev–Trinajstić information content (AvgIpc) is 1.99. The standard InChI is InChI=1S/C12H16O3/c1-7-4-10(13)5-8(2)12(7)9(3)6-11(14)15/h4-5,9,13H,6H2,1-3H3,(H,14,15)/t9-/m0/s1. The van der Waals surface area contributed by atoms with Crippen LogP contribution in [-0.2, 0) is 4.79 Å². The Balaban J connectivity index is 3.08. The Morgan fingerprint density at radius 3 is 2.20 bits per heavy atom. The molecule has 1 rings (SSSR count). The largest absolute Gasteiger partial charge is 0.508 e. The van der Waals surface area contributed by atoms with E-state index in [2.05, 4.69) is 0 Å². The lowest BCUT2D eigenvalue weighted by molar-refractivity contribution is -0.137. The monoisotopic (exact) mass is 208 g/mol. The van der Waals surface area contributed by atoms with Gasteiger partial charge in [0.2, 0.25) is 0 Å². The van der Waals surface area contributed by atoms with Crippen molar-refractivity contribution in [3.63, 3.8) is 0 Å². The van der Waals surface area contributed by atoms with Gasteiger partial charge >= 0.3 is 5.97 Å². The van der Waals surface area contributed by atoms with E-state index in [0.717, 1.165) is 16.7 Å². The second kappa shape index (κ2) is 4.34. The topological polar surface area (TPSA) is 57.5 Å². The van der Waals surface area contributed by atoms with Crippen molar-refractivity contribution in [1.82, 2.24) is 0 Å². The molecular formula is C12H16O3. The molecule has 1 aromatic rings. The van der Waals surface area contributed by atoms with E-state index >= 15 is 0 Å². The van der Waals surface area contributed by atoms with Crippen molar-refractivity contribution < 1.29 is 15.0 Å². The Kier molecular flexibility index (Phi) is 3.35. The minimum atomic E-state index is -0.797. The predicted molar refractivity (Wildman–Crippen MR) is 58.2 cm³/mol. The molecule has 0 aliphatic heterocycles. The summed E-state index contributed by atoms with van der Waals surface area (Å²) < 4.78 is 0. The van der Waals surface area contributed by atoms with Gasteiger partial charge in [0.05, 0.1) is 6.42 Å². The van der Waals surface area contributed by atoms with Gasteiger partial charge in [-0.15, -0.1) is 0 Å². The van der Waals surface area contributed by atoms with Crippen molar-refractivity contribution >= 4 is 5.97 Å². The smallest absolute Gasteiger partial charge is 0.303 e. The molecule has 1 atom stereocenters. The van der Waals surface area contributed by atoms with E-state index in [0.29, 0.717) is 0 Å². The second-order valence-electron chi connectivity index (χ2n) is 3.99.